The number of pyridine rings is 1. The van der Waals surface area contributed by atoms with Crippen molar-refractivity contribution < 1.29 is 0 Å². The third-order valence-corrected chi connectivity index (χ3v) is 5.00. The molecule has 0 radical (unpaired) electrons. The molecular weight excluding hydrogens is 354 g/mol. The summed E-state index contributed by atoms with van der Waals surface area (Å²) in [6.45, 7) is 2.93. The quantitative estimate of drug-likeness (QED) is 0.529. The van der Waals surface area contributed by atoms with Crippen molar-refractivity contribution in [3.05, 3.63) is 48.3 Å². The highest BCUT2D eigenvalue weighted by Gasteiger charge is 2.24. The smallest absolute Gasteiger partial charge is 0.162 e. The number of nitrogens with zero attached hydrogens (tertiary/aromatic N) is 9. The SMILES string of the molecule is CC(c1cn(CC2CC2)nn1)n1nc(-c2cc(C#N)ccn2)c2cncnc21. The minimum atomic E-state index is -0.154. The van der Waals surface area contributed by atoms with E-state index in [2.05, 4.69) is 31.3 Å². The van der Waals surface area contributed by atoms with Crippen molar-refractivity contribution in [2.75, 3.05) is 0 Å². The Hall–Kier alpha value is -3.67. The Kier molecular flexibility index (Phi) is 3.83. The Morgan fingerprint density at radius 3 is 3.04 bits per heavy atom. The van der Waals surface area contributed by atoms with E-state index in [1.807, 2.05) is 22.5 Å². The maximum atomic E-state index is 9.19. The van der Waals surface area contributed by atoms with E-state index in [1.54, 1.807) is 24.5 Å². The van der Waals surface area contributed by atoms with Gasteiger partial charge in [0.25, 0.3) is 0 Å². The maximum absolute atomic E-state index is 9.19. The van der Waals surface area contributed by atoms with Crippen LogP contribution in [0.1, 0.15) is 37.1 Å². The lowest BCUT2D eigenvalue weighted by molar-refractivity contribution is 0.543. The van der Waals surface area contributed by atoms with E-state index >= 15 is 0 Å². The second kappa shape index (κ2) is 6.49. The second-order valence-corrected chi connectivity index (χ2v) is 7.08. The van der Waals surface area contributed by atoms with Gasteiger partial charge in [-0.15, -0.1) is 5.10 Å². The molecule has 28 heavy (non-hydrogen) atoms. The van der Waals surface area contributed by atoms with Crippen LogP contribution in [0.2, 0.25) is 0 Å². The molecule has 5 rings (SSSR count). The van der Waals surface area contributed by atoms with Gasteiger partial charge in [-0.1, -0.05) is 5.21 Å². The fourth-order valence-corrected chi connectivity index (χ4v) is 3.25. The molecule has 0 aliphatic heterocycles. The first-order chi connectivity index (χ1) is 13.7. The van der Waals surface area contributed by atoms with Crippen LogP contribution in [0.3, 0.4) is 0 Å². The lowest BCUT2D eigenvalue weighted by Crippen LogP contribution is -2.10. The first-order valence-corrected chi connectivity index (χ1v) is 9.17. The molecule has 9 heteroatoms. The minimum absolute atomic E-state index is 0.154. The molecule has 1 saturated carbocycles. The van der Waals surface area contributed by atoms with Gasteiger partial charge in [-0.2, -0.15) is 10.4 Å². The molecule has 0 amide bonds. The van der Waals surface area contributed by atoms with Gasteiger partial charge >= 0.3 is 0 Å². The van der Waals surface area contributed by atoms with E-state index in [0.29, 0.717) is 22.6 Å². The molecule has 0 spiro atoms. The predicted molar refractivity (Wildman–Crippen MR) is 99.8 cm³/mol. The van der Waals surface area contributed by atoms with Gasteiger partial charge < -0.3 is 0 Å². The van der Waals surface area contributed by atoms with Gasteiger partial charge in [0.15, 0.2) is 5.65 Å². The van der Waals surface area contributed by atoms with E-state index < -0.39 is 0 Å². The molecule has 4 aromatic rings. The number of aromatic nitrogens is 8. The van der Waals surface area contributed by atoms with Crippen molar-refractivity contribution in [2.24, 2.45) is 5.92 Å². The third kappa shape index (κ3) is 2.89. The van der Waals surface area contributed by atoms with Crippen molar-refractivity contribution in [2.45, 2.75) is 32.4 Å². The molecule has 1 fully saturated rings. The van der Waals surface area contributed by atoms with Crippen LogP contribution in [0.4, 0.5) is 0 Å². The fourth-order valence-electron chi connectivity index (χ4n) is 3.25. The standard InChI is InChI=1S/C19H17N9/c1-12(17-10-27(26-24-17)9-13-2-3-13)28-19-15(8-21-11-23-19)18(25-28)16-6-14(7-20)4-5-22-16/h4-6,8,10-13H,2-3,9H2,1H3. The fraction of sp³-hybridized carbons (Fsp3) is 0.316. The molecule has 4 aromatic heterocycles. The largest absolute Gasteiger partial charge is 0.254 e. The summed E-state index contributed by atoms with van der Waals surface area (Å²) >= 11 is 0. The molecular formula is C19H17N9. The van der Waals surface area contributed by atoms with Crippen molar-refractivity contribution in [1.29, 1.82) is 5.26 Å². The van der Waals surface area contributed by atoms with Crippen LogP contribution in [0.5, 0.6) is 0 Å². The molecule has 1 aliphatic rings. The molecule has 0 aromatic carbocycles. The molecule has 1 unspecified atom stereocenters. The molecule has 138 valence electrons. The zero-order chi connectivity index (χ0) is 19.1. The van der Waals surface area contributed by atoms with Crippen LogP contribution in [-0.2, 0) is 6.54 Å². The summed E-state index contributed by atoms with van der Waals surface area (Å²) in [7, 11) is 0. The van der Waals surface area contributed by atoms with Gasteiger partial charge in [-0.25, -0.2) is 14.6 Å². The van der Waals surface area contributed by atoms with Gasteiger partial charge in [0.05, 0.1) is 35.0 Å². The number of rotatable bonds is 5. The number of hydrogen-bond donors (Lipinski definition) is 0. The Balaban J connectivity index is 1.57. The summed E-state index contributed by atoms with van der Waals surface area (Å²) in [5.41, 5.74) is 3.31. The molecule has 4 heterocycles. The molecule has 0 saturated heterocycles. The van der Waals surface area contributed by atoms with Gasteiger partial charge in [-0.05, 0) is 37.8 Å². The summed E-state index contributed by atoms with van der Waals surface area (Å²) in [6, 6.07) is 5.37. The highest BCUT2D eigenvalue weighted by molar-refractivity contribution is 5.89. The van der Waals surface area contributed by atoms with Crippen LogP contribution >= 0.6 is 0 Å². The summed E-state index contributed by atoms with van der Waals surface area (Å²) in [4.78, 5) is 12.9. The van der Waals surface area contributed by atoms with Crippen LogP contribution in [-0.4, -0.2) is 39.7 Å². The van der Waals surface area contributed by atoms with E-state index in [9.17, 15) is 5.26 Å². The van der Waals surface area contributed by atoms with Crippen LogP contribution in [0.15, 0.2) is 37.1 Å². The molecule has 1 aliphatic carbocycles. The van der Waals surface area contributed by atoms with E-state index in [0.717, 1.165) is 23.5 Å². The van der Waals surface area contributed by atoms with Gasteiger partial charge in [0, 0.05) is 18.9 Å². The van der Waals surface area contributed by atoms with Crippen molar-refractivity contribution >= 4 is 11.0 Å². The molecule has 9 nitrogen and oxygen atoms in total. The van der Waals surface area contributed by atoms with Crippen molar-refractivity contribution in [1.82, 2.24) is 39.7 Å². The lowest BCUT2D eigenvalue weighted by atomic mass is 10.2. The van der Waals surface area contributed by atoms with Crippen LogP contribution in [0, 0.1) is 17.2 Å². The van der Waals surface area contributed by atoms with Crippen molar-refractivity contribution in [3.8, 4) is 17.5 Å². The molecule has 0 N–H and O–H groups in total. The van der Waals surface area contributed by atoms with Gasteiger partial charge in [-0.3, -0.25) is 9.67 Å². The minimum Gasteiger partial charge on any atom is -0.254 e. The third-order valence-electron chi connectivity index (χ3n) is 5.00. The summed E-state index contributed by atoms with van der Waals surface area (Å²) < 4.78 is 3.72. The zero-order valence-electron chi connectivity index (χ0n) is 15.3. The maximum Gasteiger partial charge on any atom is 0.162 e. The van der Waals surface area contributed by atoms with Crippen LogP contribution < -0.4 is 0 Å². The highest BCUT2D eigenvalue weighted by Crippen LogP contribution is 2.31. The first kappa shape index (κ1) is 16.5. The van der Waals surface area contributed by atoms with E-state index in [4.69, 9.17) is 5.10 Å². The number of hydrogen-bond acceptors (Lipinski definition) is 7. The Labute approximate surface area is 160 Å². The van der Waals surface area contributed by atoms with Gasteiger partial charge in [0.1, 0.15) is 17.7 Å². The summed E-state index contributed by atoms with van der Waals surface area (Å²) in [5, 5.41) is 23.3. The Morgan fingerprint density at radius 2 is 2.21 bits per heavy atom. The Bertz CT molecular complexity index is 1200. The number of nitriles is 1. The Morgan fingerprint density at radius 1 is 1.32 bits per heavy atom. The van der Waals surface area contributed by atoms with E-state index in [1.165, 1.54) is 19.2 Å². The highest BCUT2D eigenvalue weighted by atomic mass is 15.4. The lowest BCUT2D eigenvalue weighted by Gasteiger charge is -2.09. The topological polar surface area (TPSA) is 111 Å². The monoisotopic (exact) mass is 371 g/mol. The molecule has 1 atom stereocenters. The first-order valence-electron chi connectivity index (χ1n) is 9.17. The predicted octanol–water partition coefficient (Wildman–Crippen LogP) is 2.37. The van der Waals surface area contributed by atoms with Gasteiger partial charge in [0.2, 0.25) is 0 Å². The summed E-state index contributed by atoms with van der Waals surface area (Å²) in [5.74, 6) is 0.730. The van der Waals surface area contributed by atoms with Crippen LogP contribution in [0.25, 0.3) is 22.4 Å². The number of fused-ring (bicyclic) bond motifs is 1. The zero-order valence-corrected chi connectivity index (χ0v) is 15.3. The van der Waals surface area contributed by atoms with Crippen molar-refractivity contribution in [3.63, 3.8) is 0 Å². The second-order valence-electron chi connectivity index (χ2n) is 7.08. The average Bonchev–Trinajstić information content (AvgIpc) is 3.28. The molecule has 0 bridgehead atoms. The summed E-state index contributed by atoms with van der Waals surface area (Å²) in [6.07, 6.45) is 9.34. The van der Waals surface area contributed by atoms with E-state index in [-0.39, 0.29) is 6.04 Å². The normalized spacial score (nSPS) is 14.9. The average molecular weight is 371 g/mol.